The maximum atomic E-state index is 12.7. The minimum absolute atomic E-state index is 0.0364. The lowest BCUT2D eigenvalue weighted by atomic mass is 9.85. The van der Waals surface area contributed by atoms with Crippen LogP contribution in [0.1, 0.15) is 51.1 Å². The van der Waals surface area contributed by atoms with Crippen LogP contribution < -0.4 is 16.2 Å². The number of benzene rings is 1. The van der Waals surface area contributed by atoms with Gasteiger partial charge in [-0.3, -0.25) is 14.3 Å². The van der Waals surface area contributed by atoms with Gasteiger partial charge in [-0.25, -0.2) is 0 Å². The van der Waals surface area contributed by atoms with Crippen molar-refractivity contribution in [3.8, 4) is 6.07 Å². The minimum Gasteiger partial charge on any atom is -0.338 e. The summed E-state index contributed by atoms with van der Waals surface area (Å²) in [7, 11) is 0. The largest absolute Gasteiger partial charge is 0.338 e. The van der Waals surface area contributed by atoms with Crippen LogP contribution in [0.4, 0.5) is 17.2 Å². The number of carbonyl (C=O) groups excluding carboxylic acids is 1. The normalized spacial score (nSPS) is 22.0. The number of rotatable bonds is 3. The molecule has 0 bridgehead atoms. The molecule has 3 heterocycles. The smallest absolute Gasteiger partial charge is 0.261 e. The molecule has 1 aliphatic carbocycles. The van der Waals surface area contributed by atoms with Crippen LogP contribution in [-0.2, 0) is 10.2 Å². The third kappa shape index (κ3) is 3.00. The third-order valence-corrected chi connectivity index (χ3v) is 6.61. The van der Waals surface area contributed by atoms with E-state index in [1.165, 1.54) is 0 Å². The molecular formula is C23H24N6O2. The predicted octanol–water partition coefficient (Wildman–Crippen LogP) is 3.95. The van der Waals surface area contributed by atoms with Gasteiger partial charge in [0.1, 0.15) is 5.39 Å². The van der Waals surface area contributed by atoms with Crippen molar-refractivity contribution in [2.45, 2.75) is 51.0 Å². The molecule has 0 unspecified atom stereocenters. The van der Waals surface area contributed by atoms with Gasteiger partial charge < -0.3 is 15.6 Å². The molecule has 0 spiro atoms. The number of hydrogen-bond acceptors (Lipinski definition) is 5. The Morgan fingerprint density at radius 3 is 2.84 bits per heavy atom. The average molecular weight is 416 g/mol. The van der Waals surface area contributed by atoms with Gasteiger partial charge >= 0.3 is 0 Å². The van der Waals surface area contributed by atoms with Crippen LogP contribution in [0, 0.1) is 17.2 Å². The zero-order valence-electron chi connectivity index (χ0n) is 17.5. The molecular weight excluding hydrogens is 392 g/mol. The fourth-order valence-electron chi connectivity index (χ4n) is 4.80. The quantitative estimate of drug-likeness (QED) is 0.598. The van der Waals surface area contributed by atoms with Crippen molar-refractivity contribution in [1.29, 1.82) is 5.26 Å². The number of carbonyl (C=O) groups is 1. The Morgan fingerprint density at radius 1 is 1.23 bits per heavy atom. The highest BCUT2D eigenvalue weighted by Gasteiger charge is 2.38. The van der Waals surface area contributed by atoms with Gasteiger partial charge in [-0.1, -0.05) is 18.9 Å². The van der Waals surface area contributed by atoms with Crippen molar-refractivity contribution in [1.82, 2.24) is 14.8 Å². The topological polar surface area (TPSA) is 116 Å². The Hall–Kier alpha value is -3.60. The van der Waals surface area contributed by atoms with Crippen LogP contribution in [0.5, 0.6) is 0 Å². The number of hydrogen-bond donors (Lipinski definition) is 3. The van der Waals surface area contributed by atoms with Crippen molar-refractivity contribution >= 4 is 34.0 Å². The van der Waals surface area contributed by atoms with Gasteiger partial charge in [0.05, 0.1) is 29.0 Å². The molecule has 3 N–H and O–H groups in total. The molecule has 5 rings (SSSR count). The summed E-state index contributed by atoms with van der Waals surface area (Å²) < 4.78 is 1.85. The van der Waals surface area contributed by atoms with Crippen molar-refractivity contribution in [2.75, 3.05) is 10.6 Å². The lowest BCUT2D eigenvalue weighted by Gasteiger charge is -2.27. The first-order valence-electron chi connectivity index (χ1n) is 10.6. The Kier molecular flexibility index (Phi) is 4.36. The van der Waals surface area contributed by atoms with E-state index < -0.39 is 5.41 Å². The van der Waals surface area contributed by atoms with Crippen LogP contribution in [0.2, 0.25) is 0 Å². The van der Waals surface area contributed by atoms with Gasteiger partial charge in [-0.15, -0.1) is 0 Å². The number of nitrogens with one attached hydrogen (secondary N) is 3. The second-order valence-electron chi connectivity index (χ2n) is 8.91. The van der Waals surface area contributed by atoms with E-state index in [0.29, 0.717) is 16.7 Å². The van der Waals surface area contributed by atoms with Gasteiger partial charge in [0.2, 0.25) is 5.91 Å². The number of amides is 1. The van der Waals surface area contributed by atoms with Gasteiger partial charge in [0.15, 0.2) is 5.82 Å². The highest BCUT2D eigenvalue weighted by atomic mass is 16.2. The van der Waals surface area contributed by atoms with Gasteiger partial charge in [0.25, 0.3) is 5.56 Å². The Morgan fingerprint density at radius 2 is 2.03 bits per heavy atom. The molecule has 1 fully saturated rings. The number of aromatic nitrogens is 3. The molecule has 31 heavy (non-hydrogen) atoms. The Labute approximate surface area is 179 Å². The molecule has 3 aromatic rings. The summed E-state index contributed by atoms with van der Waals surface area (Å²) in [6, 6.07) is 9.88. The number of nitrogens with zero attached hydrogens (tertiary/aromatic N) is 3. The maximum Gasteiger partial charge on any atom is 0.261 e. The highest BCUT2D eigenvalue weighted by Crippen LogP contribution is 2.40. The molecule has 158 valence electrons. The molecule has 0 radical (unpaired) electrons. The highest BCUT2D eigenvalue weighted by molar-refractivity contribution is 6.06. The molecule has 2 atom stereocenters. The van der Waals surface area contributed by atoms with Gasteiger partial charge in [-0.2, -0.15) is 10.4 Å². The van der Waals surface area contributed by atoms with Crippen molar-refractivity contribution in [3.63, 3.8) is 0 Å². The van der Waals surface area contributed by atoms with Gasteiger partial charge in [0, 0.05) is 17.6 Å². The Balaban J connectivity index is 1.58. The monoisotopic (exact) mass is 416 g/mol. The molecule has 8 heteroatoms. The zero-order valence-corrected chi connectivity index (χ0v) is 17.5. The molecule has 2 aromatic heterocycles. The number of pyridine rings is 1. The van der Waals surface area contributed by atoms with Crippen LogP contribution >= 0.6 is 0 Å². The summed E-state index contributed by atoms with van der Waals surface area (Å²) in [5.74, 6) is 0.287. The summed E-state index contributed by atoms with van der Waals surface area (Å²) in [5, 5.41) is 21.0. The molecule has 1 aromatic carbocycles. The average Bonchev–Trinajstić information content (AvgIpc) is 3.23. The molecule has 2 aliphatic rings. The number of aromatic amines is 1. The van der Waals surface area contributed by atoms with E-state index in [4.69, 9.17) is 5.10 Å². The number of fused-ring (bicyclic) bond motifs is 2. The van der Waals surface area contributed by atoms with Crippen LogP contribution in [0.25, 0.3) is 10.9 Å². The fraction of sp³-hybridized carbons (Fsp3) is 0.391. The van der Waals surface area contributed by atoms with E-state index in [1.807, 2.05) is 42.8 Å². The summed E-state index contributed by atoms with van der Waals surface area (Å²) in [4.78, 5) is 27.7. The molecule has 0 saturated heterocycles. The van der Waals surface area contributed by atoms with Crippen LogP contribution in [0.3, 0.4) is 0 Å². The summed E-state index contributed by atoms with van der Waals surface area (Å²) in [6.45, 7) is 3.79. The van der Waals surface area contributed by atoms with E-state index in [1.54, 1.807) is 6.20 Å². The van der Waals surface area contributed by atoms with Crippen molar-refractivity contribution < 1.29 is 4.79 Å². The second-order valence-corrected chi connectivity index (χ2v) is 8.91. The first-order valence-corrected chi connectivity index (χ1v) is 10.6. The fourth-order valence-corrected chi connectivity index (χ4v) is 4.80. The standard InChI is InChI=1S/C23H24N6O2/c1-23(2)15-8-7-14(11-16(15)27-22(23)31)26-20-19-18(9-10-25-21(19)30)29(28-20)17-6-4-3-5-13(17)12-24/h7-11,13,17H,3-6H2,1-2H3,(H,25,30)(H,26,28)(H,27,31)/t13-,17+/m1/s1. The number of H-pyrrole nitrogens is 1. The van der Waals surface area contributed by atoms with E-state index in [2.05, 4.69) is 21.7 Å². The molecule has 1 aliphatic heterocycles. The zero-order chi connectivity index (χ0) is 21.8. The molecule has 1 amide bonds. The van der Waals surface area contributed by atoms with Crippen molar-refractivity contribution in [2.24, 2.45) is 5.92 Å². The van der Waals surface area contributed by atoms with E-state index in [9.17, 15) is 14.9 Å². The first kappa shape index (κ1) is 19.4. The molecule has 8 nitrogen and oxygen atoms in total. The van der Waals surface area contributed by atoms with Crippen molar-refractivity contribution in [3.05, 3.63) is 46.4 Å². The Bertz CT molecular complexity index is 1300. The first-order chi connectivity index (χ1) is 14.9. The number of anilines is 3. The van der Waals surface area contributed by atoms with Gasteiger partial charge in [-0.05, 0) is 50.5 Å². The SMILES string of the molecule is CC1(C)C(=O)Nc2cc(Nc3nn([C@H]4CCCC[C@@H]4C#N)c4cc[nH]c(=O)c34)ccc21. The third-order valence-electron chi connectivity index (χ3n) is 6.61. The summed E-state index contributed by atoms with van der Waals surface area (Å²) >= 11 is 0. The number of nitriles is 1. The maximum absolute atomic E-state index is 12.7. The minimum atomic E-state index is -0.577. The van der Waals surface area contributed by atoms with E-state index in [-0.39, 0.29) is 23.4 Å². The van der Waals surface area contributed by atoms with E-state index in [0.717, 1.165) is 42.6 Å². The second kappa shape index (κ2) is 6.98. The lowest BCUT2D eigenvalue weighted by molar-refractivity contribution is -0.119. The van der Waals surface area contributed by atoms with E-state index >= 15 is 0 Å². The lowest BCUT2D eigenvalue weighted by Crippen LogP contribution is -2.26. The summed E-state index contributed by atoms with van der Waals surface area (Å²) in [5.41, 5.74) is 2.34. The predicted molar refractivity (Wildman–Crippen MR) is 118 cm³/mol. The van der Waals surface area contributed by atoms with Crippen LogP contribution in [-0.4, -0.2) is 20.7 Å². The van der Waals surface area contributed by atoms with Crippen LogP contribution in [0.15, 0.2) is 35.3 Å². The molecule has 1 saturated carbocycles. The summed E-state index contributed by atoms with van der Waals surface area (Å²) in [6.07, 6.45) is 5.40.